The summed E-state index contributed by atoms with van der Waals surface area (Å²) < 4.78 is 1.98. The average Bonchev–Trinajstić information content (AvgIpc) is 3.02. The van der Waals surface area contributed by atoms with Crippen LogP contribution >= 0.6 is 0 Å². The Hall–Kier alpha value is -1.62. The highest BCUT2D eigenvalue weighted by atomic mass is 15.3. The number of hydrogen-bond acceptors (Lipinski definition) is 3. The van der Waals surface area contributed by atoms with Gasteiger partial charge in [-0.3, -0.25) is 9.78 Å². The van der Waals surface area contributed by atoms with Crippen LogP contribution < -0.4 is 0 Å². The largest absolute Gasteiger partial charge is 0.301 e. The normalized spacial score (nSPS) is 11.3. The molecular formula is C14H23N5. The molecule has 2 aromatic rings. The van der Waals surface area contributed by atoms with Gasteiger partial charge in [-0.25, -0.2) is 0 Å². The van der Waals surface area contributed by atoms with Gasteiger partial charge in [-0.15, -0.1) is 0 Å². The predicted molar refractivity (Wildman–Crippen MR) is 75.8 cm³/mol. The van der Waals surface area contributed by atoms with Crippen LogP contribution in [0.25, 0.3) is 0 Å². The summed E-state index contributed by atoms with van der Waals surface area (Å²) in [6, 6.07) is 4.14. The van der Waals surface area contributed by atoms with Crippen LogP contribution in [-0.4, -0.2) is 38.5 Å². The monoisotopic (exact) mass is 261 g/mol. The highest BCUT2D eigenvalue weighted by Crippen LogP contribution is 2.05. The van der Waals surface area contributed by atoms with Gasteiger partial charge in [0.25, 0.3) is 0 Å². The van der Waals surface area contributed by atoms with Crippen molar-refractivity contribution in [3.05, 3.63) is 35.9 Å². The molecule has 19 heavy (non-hydrogen) atoms. The number of nitrogens with zero attached hydrogens (tertiary/aromatic N) is 4. The van der Waals surface area contributed by atoms with Crippen molar-refractivity contribution in [2.24, 2.45) is 0 Å². The molecule has 0 aromatic carbocycles. The second kappa shape index (κ2) is 7.09. The van der Waals surface area contributed by atoms with E-state index < -0.39 is 0 Å². The van der Waals surface area contributed by atoms with E-state index in [1.165, 1.54) is 11.4 Å². The fraction of sp³-hybridized carbons (Fsp3) is 0.571. The van der Waals surface area contributed by atoms with Crippen LogP contribution in [0.15, 0.2) is 24.5 Å². The number of nitrogens with one attached hydrogen (secondary N) is 1. The topological polar surface area (TPSA) is 49.7 Å². The van der Waals surface area contributed by atoms with E-state index in [0.29, 0.717) is 0 Å². The summed E-state index contributed by atoms with van der Waals surface area (Å²) in [5, 5.41) is 11.6. The van der Waals surface area contributed by atoms with Crippen molar-refractivity contribution in [2.75, 3.05) is 13.6 Å². The summed E-state index contributed by atoms with van der Waals surface area (Å²) in [5.74, 6) is 0. The lowest BCUT2D eigenvalue weighted by Crippen LogP contribution is -2.20. The van der Waals surface area contributed by atoms with E-state index in [9.17, 15) is 0 Å². The van der Waals surface area contributed by atoms with Gasteiger partial charge >= 0.3 is 0 Å². The summed E-state index contributed by atoms with van der Waals surface area (Å²) in [5.41, 5.74) is 2.37. The SMILES string of the molecule is CCCc1cc(CN(C)CCCn2cccn2)[nH]n1. The van der Waals surface area contributed by atoms with Crippen LogP contribution in [0.3, 0.4) is 0 Å². The molecule has 0 unspecified atom stereocenters. The van der Waals surface area contributed by atoms with E-state index in [4.69, 9.17) is 0 Å². The van der Waals surface area contributed by atoms with Gasteiger partial charge in [0.15, 0.2) is 0 Å². The maximum Gasteiger partial charge on any atom is 0.0625 e. The Kier molecular flexibility index (Phi) is 5.15. The van der Waals surface area contributed by atoms with Crippen LogP contribution in [0.4, 0.5) is 0 Å². The Balaban J connectivity index is 1.69. The highest BCUT2D eigenvalue weighted by Gasteiger charge is 2.04. The van der Waals surface area contributed by atoms with Gasteiger partial charge in [-0.1, -0.05) is 13.3 Å². The molecule has 2 rings (SSSR count). The van der Waals surface area contributed by atoms with Gasteiger partial charge in [0, 0.05) is 37.7 Å². The fourth-order valence-corrected chi connectivity index (χ4v) is 2.18. The molecule has 0 aliphatic heterocycles. The van der Waals surface area contributed by atoms with E-state index in [0.717, 1.165) is 38.9 Å². The van der Waals surface area contributed by atoms with Gasteiger partial charge < -0.3 is 4.90 Å². The summed E-state index contributed by atoms with van der Waals surface area (Å²) in [6.07, 6.45) is 7.13. The van der Waals surface area contributed by atoms with Crippen molar-refractivity contribution >= 4 is 0 Å². The van der Waals surface area contributed by atoms with Crippen LogP contribution in [-0.2, 0) is 19.5 Å². The van der Waals surface area contributed by atoms with Crippen LogP contribution in [0.1, 0.15) is 31.2 Å². The third kappa shape index (κ3) is 4.52. The summed E-state index contributed by atoms with van der Waals surface area (Å²) in [4.78, 5) is 2.31. The molecule has 0 amide bonds. The first kappa shape index (κ1) is 13.8. The van der Waals surface area contributed by atoms with E-state index in [1.807, 2.05) is 23.1 Å². The lowest BCUT2D eigenvalue weighted by atomic mass is 10.2. The van der Waals surface area contributed by atoms with E-state index in [1.54, 1.807) is 0 Å². The molecule has 5 heteroatoms. The zero-order chi connectivity index (χ0) is 13.5. The van der Waals surface area contributed by atoms with Gasteiger partial charge in [0.2, 0.25) is 0 Å². The van der Waals surface area contributed by atoms with Crippen molar-refractivity contribution in [1.82, 2.24) is 24.9 Å². The van der Waals surface area contributed by atoms with E-state index in [2.05, 4.69) is 40.2 Å². The second-order valence-electron chi connectivity index (χ2n) is 4.99. The molecule has 0 radical (unpaired) electrons. The molecule has 1 N–H and O–H groups in total. The summed E-state index contributed by atoms with van der Waals surface area (Å²) in [7, 11) is 2.14. The lowest BCUT2D eigenvalue weighted by Gasteiger charge is -2.15. The van der Waals surface area contributed by atoms with Crippen molar-refractivity contribution in [1.29, 1.82) is 0 Å². The number of rotatable bonds is 8. The molecule has 0 spiro atoms. The molecule has 0 atom stereocenters. The Labute approximate surface area is 114 Å². The molecule has 0 saturated carbocycles. The second-order valence-corrected chi connectivity index (χ2v) is 4.99. The molecule has 0 aliphatic rings. The number of aromatic nitrogens is 4. The van der Waals surface area contributed by atoms with Crippen molar-refractivity contribution in [3.8, 4) is 0 Å². The molecule has 5 nitrogen and oxygen atoms in total. The average molecular weight is 261 g/mol. The lowest BCUT2D eigenvalue weighted by molar-refractivity contribution is 0.308. The fourth-order valence-electron chi connectivity index (χ4n) is 2.18. The zero-order valence-electron chi connectivity index (χ0n) is 11.8. The van der Waals surface area contributed by atoms with Crippen LogP contribution in [0.5, 0.6) is 0 Å². The Morgan fingerprint density at radius 2 is 2.32 bits per heavy atom. The maximum atomic E-state index is 4.31. The Morgan fingerprint density at radius 1 is 1.42 bits per heavy atom. The number of aromatic amines is 1. The molecule has 2 aromatic heterocycles. The maximum absolute atomic E-state index is 4.31. The molecular weight excluding hydrogens is 238 g/mol. The number of H-pyrrole nitrogens is 1. The first-order valence-electron chi connectivity index (χ1n) is 6.97. The van der Waals surface area contributed by atoms with Crippen molar-refractivity contribution in [3.63, 3.8) is 0 Å². The Morgan fingerprint density at radius 3 is 3.05 bits per heavy atom. The third-order valence-electron chi connectivity index (χ3n) is 3.12. The minimum Gasteiger partial charge on any atom is -0.301 e. The van der Waals surface area contributed by atoms with Gasteiger partial charge in [-0.05, 0) is 32.0 Å². The van der Waals surface area contributed by atoms with Gasteiger partial charge in [0.05, 0.1) is 5.69 Å². The predicted octanol–water partition coefficient (Wildman–Crippen LogP) is 2.08. The van der Waals surface area contributed by atoms with Crippen LogP contribution in [0.2, 0.25) is 0 Å². The van der Waals surface area contributed by atoms with Crippen molar-refractivity contribution < 1.29 is 0 Å². The van der Waals surface area contributed by atoms with Crippen LogP contribution in [0, 0.1) is 0 Å². The highest BCUT2D eigenvalue weighted by molar-refractivity contribution is 5.08. The summed E-state index contributed by atoms with van der Waals surface area (Å²) in [6.45, 7) is 5.13. The number of hydrogen-bond donors (Lipinski definition) is 1. The van der Waals surface area contributed by atoms with Crippen molar-refractivity contribution in [2.45, 2.75) is 39.3 Å². The summed E-state index contributed by atoms with van der Waals surface area (Å²) >= 11 is 0. The molecule has 104 valence electrons. The van der Waals surface area contributed by atoms with E-state index >= 15 is 0 Å². The molecule has 2 heterocycles. The molecule has 0 fully saturated rings. The zero-order valence-corrected chi connectivity index (χ0v) is 11.8. The minimum absolute atomic E-state index is 0.926. The Bertz CT molecular complexity index is 460. The molecule has 0 saturated heterocycles. The molecule has 0 bridgehead atoms. The first-order chi connectivity index (χ1) is 9.28. The minimum atomic E-state index is 0.926. The van der Waals surface area contributed by atoms with Gasteiger partial charge in [-0.2, -0.15) is 10.2 Å². The first-order valence-corrected chi connectivity index (χ1v) is 6.97. The number of aryl methyl sites for hydroxylation is 2. The van der Waals surface area contributed by atoms with E-state index in [-0.39, 0.29) is 0 Å². The molecule has 0 aliphatic carbocycles. The smallest absolute Gasteiger partial charge is 0.0625 e. The quantitative estimate of drug-likeness (QED) is 0.791. The van der Waals surface area contributed by atoms with Gasteiger partial charge in [0.1, 0.15) is 0 Å². The third-order valence-corrected chi connectivity index (χ3v) is 3.12. The standard InChI is InChI=1S/C14H23N5/c1-3-6-13-11-14(17-16-13)12-18(2)8-5-10-19-9-4-7-15-19/h4,7,9,11H,3,5-6,8,10,12H2,1-2H3,(H,16,17).